The summed E-state index contributed by atoms with van der Waals surface area (Å²) in [7, 11) is 0. The fourth-order valence-electron chi connectivity index (χ4n) is 3.19. The summed E-state index contributed by atoms with van der Waals surface area (Å²) in [6, 6.07) is 0. The molecular weight excluding hydrogens is 429 g/mol. The van der Waals surface area contributed by atoms with Crippen LogP contribution in [0, 0.1) is 63.6 Å². The summed E-state index contributed by atoms with van der Waals surface area (Å²) in [6.07, 6.45) is 12.0. The van der Waals surface area contributed by atoms with E-state index in [1.165, 1.54) is 51.4 Å². The molecule has 3 heteroatoms. The molecule has 0 aliphatic heterocycles. The first-order valence-corrected chi connectivity index (χ1v) is 9.53. The molecule has 23 heavy (non-hydrogen) atoms. The van der Waals surface area contributed by atoms with E-state index in [9.17, 15) is 4.79 Å². The van der Waals surface area contributed by atoms with Crippen molar-refractivity contribution in [3.63, 3.8) is 0 Å². The molecule has 3 atom stereocenters. The van der Waals surface area contributed by atoms with Crippen molar-refractivity contribution in [1.82, 2.24) is 0 Å². The van der Waals surface area contributed by atoms with Gasteiger partial charge >= 0.3 is 45.9 Å². The third-order valence-electron chi connectivity index (χ3n) is 4.79. The third kappa shape index (κ3) is 19.0. The molecule has 0 bridgehead atoms. The Balaban J connectivity index is 0. The largest absolute Gasteiger partial charge is 3.00 e. The second-order valence-corrected chi connectivity index (χ2v) is 8.10. The van der Waals surface area contributed by atoms with Crippen LogP contribution in [0.15, 0.2) is 0 Å². The van der Waals surface area contributed by atoms with Crippen molar-refractivity contribution in [2.45, 2.75) is 98.8 Å². The molecule has 0 amide bonds. The molecule has 0 aliphatic carbocycles. The van der Waals surface area contributed by atoms with Crippen molar-refractivity contribution in [3.8, 4) is 0 Å². The van der Waals surface area contributed by atoms with Gasteiger partial charge in [-0.3, -0.25) is 4.79 Å². The molecule has 137 valence electrons. The van der Waals surface area contributed by atoms with Gasteiger partial charge in [0, 0.05) is 6.42 Å². The Morgan fingerprint density at radius 2 is 1.04 bits per heavy atom. The Bertz CT molecular complexity index is 279. The van der Waals surface area contributed by atoms with E-state index in [1.807, 2.05) is 0 Å². The average Bonchev–Trinajstić information content (AvgIpc) is 2.37. The zero-order valence-corrected chi connectivity index (χ0v) is 18.4. The molecule has 0 aromatic carbocycles. The van der Waals surface area contributed by atoms with Crippen molar-refractivity contribution >= 4 is 5.97 Å². The summed E-state index contributed by atoms with van der Waals surface area (Å²) in [4.78, 5) is 10.6. The van der Waals surface area contributed by atoms with Crippen LogP contribution < -0.4 is 0 Å². The van der Waals surface area contributed by atoms with E-state index in [0.717, 1.165) is 24.2 Å². The first-order valence-electron chi connectivity index (χ1n) is 9.53. The molecule has 1 radical (unpaired) electrons. The molecule has 3 unspecified atom stereocenters. The van der Waals surface area contributed by atoms with Crippen LogP contribution in [0.25, 0.3) is 0 Å². The van der Waals surface area contributed by atoms with E-state index >= 15 is 0 Å². The summed E-state index contributed by atoms with van der Waals surface area (Å²) in [6.45, 7) is 11.4. The summed E-state index contributed by atoms with van der Waals surface area (Å²) in [5, 5.41) is 8.75. The Labute approximate surface area is 177 Å². The summed E-state index contributed by atoms with van der Waals surface area (Å²) >= 11 is 0. The molecule has 0 fully saturated rings. The number of hydrogen-bond acceptors (Lipinski definition) is 1. The smallest absolute Gasteiger partial charge is 0.481 e. The van der Waals surface area contributed by atoms with Gasteiger partial charge in [-0.1, -0.05) is 92.4 Å². The average molecular weight is 470 g/mol. The number of hydrogen-bond donors (Lipinski definition) is 1. The summed E-state index contributed by atoms with van der Waals surface area (Å²) in [5.41, 5.74) is 0. The minimum Gasteiger partial charge on any atom is -0.481 e. The minimum absolute atomic E-state index is 0. The van der Waals surface area contributed by atoms with Crippen molar-refractivity contribution in [1.29, 1.82) is 0 Å². The van der Waals surface area contributed by atoms with Gasteiger partial charge in [0.1, 0.15) is 0 Å². The standard InChI is InChI=1S/C20H40O2.Gd/c1-16(2)9-6-10-17(3)11-7-12-18(4)13-8-14-19(5)15-20(21)22;/h16-19H,6-15H2,1-5H3,(H,21,22);/q;+3. The van der Waals surface area contributed by atoms with Crippen LogP contribution in [0.4, 0.5) is 0 Å². The van der Waals surface area contributed by atoms with Crippen molar-refractivity contribution in [2.24, 2.45) is 23.7 Å². The predicted octanol–water partition coefficient (Wildman–Crippen LogP) is 6.54. The maximum atomic E-state index is 10.6. The van der Waals surface area contributed by atoms with Crippen molar-refractivity contribution in [3.05, 3.63) is 0 Å². The van der Waals surface area contributed by atoms with Crippen LogP contribution in [0.5, 0.6) is 0 Å². The molecule has 0 aromatic heterocycles. The molecule has 0 heterocycles. The summed E-state index contributed by atoms with van der Waals surface area (Å²) < 4.78 is 0. The van der Waals surface area contributed by atoms with Gasteiger partial charge in [-0.05, 0) is 23.7 Å². The first kappa shape index (κ1) is 26.0. The number of carboxylic acids is 1. The van der Waals surface area contributed by atoms with Gasteiger partial charge in [0.15, 0.2) is 0 Å². The molecule has 0 rings (SSSR count). The normalized spacial score (nSPS) is 15.0. The van der Waals surface area contributed by atoms with Gasteiger partial charge in [0.25, 0.3) is 0 Å². The fourth-order valence-corrected chi connectivity index (χ4v) is 3.19. The van der Waals surface area contributed by atoms with Crippen LogP contribution in [-0.4, -0.2) is 11.1 Å². The van der Waals surface area contributed by atoms with Crippen molar-refractivity contribution in [2.75, 3.05) is 0 Å². The van der Waals surface area contributed by atoms with E-state index in [-0.39, 0.29) is 39.9 Å². The quantitative estimate of drug-likeness (QED) is 0.314. The van der Waals surface area contributed by atoms with Crippen LogP contribution in [0.3, 0.4) is 0 Å². The Kier molecular flexibility index (Phi) is 18.4. The predicted molar refractivity (Wildman–Crippen MR) is 96.1 cm³/mol. The van der Waals surface area contributed by atoms with Crippen LogP contribution in [0.1, 0.15) is 98.8 Å². The zero-order valence-electron chi connectivity index (χ0n) is 16.1. The van der Waals surface area contributed by atoms with E-state index < -0.39 is 5.97 Å². The number of carbonyl (C=O) groups is 1. The van der Waals surface area contributed by atoms with Gasteiger partial charge in [-0.15, -0.1) is 0 Å². The Hall–Kier alpha value is 0.795. The molecule has 0 saturated carbocycles. The Morgan fingerprint density at radius 1 is 0.696 bits per heavy atom. The van der Waals surface area contributed by atoms with E-state index in [2.05, 4.69) is 34.6 Å². The van der Waals surface area contributed by atoms with Gasteiger partial charge in [0.05, 0.1) is 0 Å². The van der Waals surface area contributed by atoms with Gasteiger partial charge in [-0.25, -0.2) is 0 Å². The number of carboxylic acid groups (broad SMARTS) is 1. The second kappa shape index (κ2) is 16.3. The van der Waals surface area contributed by atoms with Gasteiger partial charge < -0.3 is 5.11 Å². The summed E-state index contributed by atoms with van der Waals surface area (Å²) in [5.74, 6) is 2.18. The molecule has 2 nitrogen and oxygen atoms in total. The molecule has 0 aliphatic rings. The Morgan fingerprint density at radius 3 is 1.39 bits per heavy atom. The SMILES string of the molecule is CC(C)CCCC(C)CCCC(C)CCCC(C)CC(=O)O.[Gd+3]. The van der Waals surface area contributed by atoms with Crippen LogP contribution in [0.2, 0.25) is 0 Å². The number of rotatable bonds is 14. The van der Waals surface area contributed by atoms with E-state index in [0.29, 0.717) is 12.3 Å². The maximum absolute atomic E-state index is 10.6. The van der Waals surface area contributed by atoms with Crippen molar-refractivity contribution < 1.29 is 49.8 Å². The fraction of sp³-hybridized carbons (Fsp3) is 0.950. The van der Waals surface area contributed by atoms with E-state index in [1.54, 1.807) is 0 Å². The maximum Gasteiger partial charge on any atom is 3.00 e. The topological polar surface area (TPSA) is 37.3 Å². The first-order chi connectivity index (χ1) is 10.3. The van der Waals surface area contributed by atoms with Crippen LogP contribution in [-0.2, 0) is 4.79 Å². The molecule has 1 N–H and O–H groups in total. The van der Waals surface area contributed by atoms with Crippen LogP contribution >= 0.6 is 0 Å². The molecular formula is C20H40GdO2+3. The third-order valence-corrected chi connectivity index (χ3v) is 4.79. The van der Waals surface area contributed by atoms with Gasteiger partial charge in [0.2, 0.25) is 0 Å². The second-order valence-electron chi connectivity index (χ2n) is 8.10. The van der Waals surface area contributed by atoms with E-state index in [4.69, 9.17) is 5.11 Å². The molecule has 0 spiro atoms. The zero-order chi connectivity index (χ0) is 17.0. The number of aliphatic carboxylic acids is 1. The monoisotopic (exact) mass is 470 g/mol. The minimum atomic E-state index is -0.660. The molecule has 0 saturated heterocycles. The molecule has 0 aromatic rings. The van der Waals surface area contributed by atoms with Gasteiger partial charge in [-0.2, -0.15) is 0 Å².